The summed E-state index contributed by atoms with van der Waals surface area (Å²) in [7, 11) is 0. The van der Waals surface area contributed by atoms with Crippen molar-refractivity contribution in [1.29, 1.82) is 0 Å². The number of aliphatic hydroxyl groups is 1. The van der Waals surface area contributed by atoms with Gasteiger partial charge in [-0.15, -0.1) is 0 Å². The van der Waals surface area contributed by atoms with Crippen LogP contribution in [-0.4, -0.2) is 36.9 Å². The molecule has 0 aromatic carbocycles. The normalized spacial score (nSPS) is 28.8. The summed E-state index contributed by atoms with van der Waals surface area (Å²) in [4.78, 5) is 11.6. The molecule has 1 aliphatic heterocycles. The quantitative estimate of drug-likeness (QED) is 0.681. The fourth-order valence-electron chi connectivity index (χ4n) is 1.55. The van der Waals surface area contributed by atoms with E-state index in [2.05, 4.69) is 5.32 Å². The van der Waals surface area contributed by atoms with Crippen molar-refractivity contribution in [2.75, 3.05) is 19.8 Å². The van der Waals surface area contributed by atoms with E-state index in [1.165, 1.54) is 0 Å². The van der Waals surface area contributed by atoms with Gasteiger partial charge >= 0.3 is 0 Å². The van der Waals surface area contributed by atoms with Crippen LogP contribution < -0.4 is 5.32 Å². The van der Waals surface area contributed by atoms with E-state index < -0.39 is 0 Å². The molecule has 1 amide bonds. The lowest BCUT2D eigenvalue weighted by Crippen LogP contribution is -2.37. The van der Waals surface area contributed by atoms with Gasteiger partial charge in [0.1, 0.15) is 0 Å². The maximum Gasteiger partial charge on any atom is 0.225 e. The van der Waals surface area contributed by atoms with Gasteiger partial charge in [-0.2, -0.15) is 0 Å². The molecule has 0 aliphatic carbocycles. The summed E-state index contributed by atoms with van der Waals surface area (Å²) in [6.07, 6.45) is 0.833. The summed E-state index contributed by atoms with van der Waals surface area (Å²) in [6.45, 7) is 5.14. The van der Waals surface area contributed by atoms with Crippen molar-refractivity contribution in [3.63, 3.8) is 0 Å². The maximum atomic E-state index is 11.6. The van der Waals surface area contributed by atoms with Crippen LogP contribution in [0.15, 0.2) is 0 Å². The molecule has 0 spiro atoms. The van der Waals surface area contributed by atoms with Crippen LogP contribution in [0.2, 0.25) is 0 Å². The van der Waals surface area contributed by atoms with E-state index in [1.54, 1.807) is 0 Å². The van der Waals surface area contributed by atoms with Crippen molar-refractivity contribution in [3.8, 4) is 0 Å². The number of nitrogens with one attached hydrogen (secondary N) is 1. The molecule has 4 nitrogen and oxygen atoms in total. The third-order valence-electron chi connectivity index (χ3n) is 2.65. The summed E-state index contributed by atoms with van der Waals surface area (Å²) in [5.74, 6) is 0.160. The predicted molar refractivity (Wildman–Crippen MR) is 52.8 cm³/mol. The zero-order chi connectivity index (χ0) is 10.6. The highest BCUT2D eigenvalue weighted by atomic mass is 16.5. The number of amides is 1. The van der Waals surface area contributed by atoms with E-state index in [1.807, 2.05) is 13.8 Å². The Hall–Kier alpha value is -0.610. The summed E-state index contributed by atoms with van der Waals surface area (Å²) < 4.78 is 5.31. The number of ether oxygens (including phenoxy) is 1. The third-order valence-corrected chi connectivity index (χ3v) is 2.65. The van der Waals surface area contributed by atoms with Gasteiger partial charge in [-0.3, -0.25) is 4.79 Å². The Labute approximate surface area is 84.6 Å². The van der Waals surface area contributed by atoms with Crippen LogP contribution in [0, 0.1) is 11.8 Å². The SMILES string of the molecule is CC(CO)CNC(=O)C1CCOC1C. The van der Waals surface area contributed by atoms with Crippen LogP contribution in [0.25, 0.3) is 0 Å². The Morgan fingerprint density at radius 3 is 2.93 bits per heavy atom. The van der Waals surface area contributed by atoms with Crippen LogP contribution in [0.3, 0.4) is 0 Å². The molecule has 4 heteroatoms. The van der Waals surface area contributed by atoms with Crippen molar-refractivity contribution in [1.82, 2.24) is 5.32 Å². The van der Waals surface area contributed by atoms with Crippen LogP contribution >= 0.6 is 0 Å². The van der Waals surface area contributed by atoms with E-state index in [4.69, 9.17) is 9.84 Å². The predicted octanol–water partition coefficient (Wildman–Crippen LogP) is 0.156. The second-order valence-corrected chi connectivity index (χ2v) is 4.00. The van der Waals surface area contributed by atoms with Gasteiger partial charge in [0.05, 0.1) is 12.0 Å². The smallest absolute Gasteiger partial charge is 0.225 e. The average molecular weight is 201 g/mol. The van der Waals surface area contributed by atoms with Crippen molar-refractivity contribution in [2.24, 2.45) is 11.8 Å². The minimum Gasteiger partial charge on any atom is -0.396 e. The topological polar surface area (TPSA) is 58.6 Å². The standard InChI is InChI=1S/C10H19NO3/c1-7(6-12)5-11-10(13)9-3-4-14-8(9)2/h7-9,12H,3-6H2,1-2H3,(H,11,13). The maximum absolute atomic E-state index is 11.6. The molecule has 1 fully saturated rings. The highest BCUT2D eigenvalue weighted by molar-refractivity contribution is 5.79. The molecule has 3 unspecified atom stereocenters. The average Bonchev–Trinajstić information content (AvgIpc) is 2.60. The van der Waals surface area contributed by atoms with Crippen LogP contribution in [0.5, 0.6) is 0 Å². The Bertz CT molecular complexity index is 196. The van der Waals surface area contributed by atoms with Gasteiger partial charge in [-0.1, -0.05) is 6.92 Å². The lowest BCUT2D eigenvalue weighted by Gasteiger charge is -2.15. The number of carbonyl (C=O) groups is 1. The van der Waals surface area contributed by atoms with E-state index in [0.29, 0.717) is 13.2 Å². The Kier molecular flexibility index (Phi) is 4.35. The molecule has 0 saturated carbocycles. The van der Waals surface area contributed by atoms with Crippen LogP contribution in [0.1, 0.15) is 20.3 Å². The minimum atomic E-state index is -0.0131. The van der Waals surface area contributed by atoms with Gasteiger partial charge in [0.25, 0.3) is 0 Å². The van der Waals surface area contributed by atoms with Gasteiger partial charge in [0, 0.05) is 19.8 Å². The van der Waals surface area contributed by atoms with Gasteiger partial charge in [-0.25, -0.2) is 0 Å². The molecule has 1 aliphatic rings. The first-order chi connectivity index (χ1) is 6.65. The summed E-state index contributed by atoms with van der Waals surface area (Å²) >= 11 is 0. The molecule has 1 saturated heterocycles. The number of aliphatic hydroxyl groups excluding tert-OH is 1. The van der Waals surface area contributed by atoms with Crippen molar-refractivity contribution < 1.29 is 14.6 Å². The largest absolute Gasteiger partial charge is 0.396 e. The molecule has 82 valence electrons. The molecule has 3 atom stereocenters. The molecule has 1 rings (SSSR count). The van der Waals surface area contributed by atoms with Crippen LogP contribution in [-0.2, 0) is 9.53 Å². The Morgan fingerprint density at radius 2 is 2.43 bits per heavy atom. The van der Waals surface area contributed by atoms with E-state index in [0.717, 1.165) is 6.42 Å². The molecular weight excluding hydrogens is 182 g/mol. The molecule has 0 radical (unpaired) electrons. The first-order valence-corrected chi connectivity index (χ1v) is 5.15. The number of rotatable bonds is 4. The third kappa shape index (κ3) is 2.96. The van der Waals surface area contributed by atoms with E-state index in [-0.39, 0.29) is 30.5 Å². The second-order valence-electron chi connectivity index (χ2n) is 4.00. The molecular formula is C10H19NO3. The number of hydrogen-bond acceptors (Lipinski definition) is 3. The van der Waals surface area contributed by atoms with Gasteiger partial charge in [0.2, 0.25) is 5.91 Å². The summed E-state index contributed by atoms with van der Waals surface area (Å²) in [5, 5.41) is 11.6. The zero-order valence-corrected chi connectivity index (χ0v) is 8.82. The van der Waals surface area contributed by atoms with Gasteiger partial charge < -0.3 is 15.2 Å². The molecule has 2 N–H and O–H groups in total. The first kappa shape index (κ1) is 11.5. The molecule has 0 bridgehead atoms. The first-order valence-electron chi connectivity index (χ1n) is 5.15. The molecule has 14 heavy (non-hydrogen) atoms. The Balaban J connectivity index is 2.27. The fraction of sp³-hybridized carbons (Fsp3) is 0.900. The summed E-state index contributed by atoms with van der Waals surface area (Å²) in [6, 6.07) is 0. The number of carbonyl (C=O) groups excluding carboxylic acids is 1. The molecule has 0 aromatic heterocycles. The van der Waals surface area contributed by atoms with Crippen molar-refractivity contribution in [2.45, 2.75) is 26.4 Å². The molecule has 0 aromatic rings. The van der Waals surface area contributed by atoms with E-state index in [9.17, 15) is 4.79 Å². The Morgan fingerprint density at radius 1 is 1.71 bits per heavy atom. The van der Waals surface area contributed by atoms with Crippen molar-refractivity contribution >= 4 is 5.91 Å². The lowest BCUT2D eigenvalue weighted by molar-refractivity contribution is -0.126. The van der Waals surface area contributed by atoms with E-state index >= 15 is 0 Å². The zero-order valence-electron chi connectivity index (χ0n) is 8.82. The fourth-order valence-corrected chi connectivity index (χ4v) is 1.55. The highest BCUT2D eigenvalue weighted by Crippen LogP contribution is 2.20. The molecule has 1 heterocycles. The highest BCUT2D eigenvalue weighted by Gasteiger charge is 2.30. The second kappa shape index (κ2) is 5.32. The summed E-state index contributed by atoms with van der Waals surface area (Å²) in [5.41, 5.74) is 0. The lowest BCUT2D eigenvalue weighted by atomic mass is 10.0. The van der Waals surface area contributed by atoms with Gasteiger partial charge in [0.15, 0.2) is 0 Å². The van der Waals surface area contributed by atoms with Gasteiger partial charge in [-0.05, 0) is 19.3 Å². The minimum absolute atomic E-state index is 0.0131. The number of hydrogen-bond donors (Lipinski definition) is 2. The van der Waals surface area contributed by atoms with Crippen LogP contribution in [0.4, 0.5) is 0 Å². The van der Waals surface area contributed by atoms with Crippen molar-refractivity contribution in [3.05, 3.63) is 0 Å². The monoisotopic (exact) mass is 201 g/mol.